The van der Waals surface area contributed by atoms with Crippen molar-refractivity contribution in [2.75, 3.05) is 10.6 Å². The number of alkyl halides is 1. The molecule has 0 bridgehead atoms. The van der Waals surface area contributed by atoms with Crippen molar-refractivity contribution in [1.29, 1.82) is 5.26 Å². The van der Waals surface area contributed by atoms with E-state index in [1.165, 1.54) is 0 Å². The average molecular weight is 313 g/mol. The van der Waals surface area contributed by atoms with Crippen LogP contribution < -0.4 is 5.32 Å². The first-order chi connectivity index (χ1) is 9.35. The van der Waals surface area contributed by atoms with Crippen molar-refractivity contribution < 1.29 is 0 Å². The quantitative estimate of drug-likeness (QED) is 0.669. The maximum atomic E-state index is 9.39. The van der Waals surface area contributed by atoms with Gasteiger partial charge in [0.15, 0.2) is 0 Å². The van der Waals surface area contributed by atoms with Crippen molar-refractivity contribution in [3.8, 4) is 6.07 Å². The van der Waals surface area contributed by atoms with Crippen LogP contribution in [-0.4, -0.2) is 5.33 Å². The lowest BCUT2D eigenvalue weighted by Crippen LogP contribution is -2.04. The minimum Gasteiger partial charge on any atom is -0.357 e. The number of hydrogen-bond acceptors (Lipinski definition) is 2. The molecule has 0 saturated carbocycles. The summed E-state index contributed by atoms with van der Waals surface area (Å²) in [6.07, 6.45) is 0. The van der Waals surface area contributed by atoms with Crippen molar-refractivity contribution in [1.82, 2.24) is 0 Å². The molecule has 0 fully saturated rings. The Labute approximate surface area is 121 Å². The number of rotatable bonds is 4. The molecule has 3 heteroatoms. The highest BCUT2D eigenvalue weighted by Crippen LogP contribution is 2.21. The van der Waals surface area contributed by atoms with E-state index < -0.39 is 0 Å². The number of nitrogens with zero attached hydrogens (tertiary/aromatic N) is 1. The summed E-state index contributed by atoms with van der Waals surface area (Å²) in [6.45, 7) is 0. The molecule has 2 aromatic carbocycles. The molecule has 0 saturated heterocycles. The standard InChI is InChI=1S/C16H13BrN2/c17-11-16(19-14-9-5-2-6-10-14)15(12-18)13-7-3-1-4-8-13/h1-10,19H,11H2/b16-15-. The summed E-state index contributed by atoms with van der Waals surface area (Å²) >= 11 is 3.44. The lowest BCUT2D eigenvalue weighted by atomic mass is 10.1. The SMILES string of the molecule is N#C/C(=C(\CBr)Nc1ccccc1)c1ccccc1. The molecule has 2 nitrogen and oxygen atoms in total. The number of benzene rings is 2. The van der Waals surface area contributed by atoms with Crippen molar-refractivity contribution in [3.05, 3.63) is 71.9 Å². The number of allylic oxidation sites excluding steroid dienone is 2. The van der Waals surface area contributed by atoms with Crippen LogP contribution in [0.1, 0.15) is 5.56 Å². The van der Waals surface area contributed by atoms with Crippen LogP contribution in [0.5, 0.6) is 0 Å². The van der Waals surface area contributed by atoms with Crippen LogP contribution >= 0.6 is 15.9 Å². The van der Waals surface area contributed by atoms with Crippen LogP contribution in [0, 0.1) is 11.3 Å². The molecule has 0 aliphatic carbocycles. The van der Waals surface area contributed by atoms with Crippen LogP contribution in [0.15, 0.2) is 66.4 Å². The second-order valence-electron chi connectivity index (χ2n) is 3.96. The van der Waals surface area contributed by atoms with Gasteiger partial charge in [-0.05, 0) is 17.7 Å². The number of para-hydroxylation sites is 1. The Balaban J connectivity index is 2.38. The van der Waals surface area contributed by atoms with Crippen LogP contribution in [0.2, 0.25) is 0 Å². The third kappa shape index (κ3) is 3.46. The van der Waals surface area contributed by atoms with Gasteiger partial charge in [0, 0.05) is 16.7 Å². The van der Waals surface area contributed by atoms with Crippen molar-refractivity contribution in [3.63, 3.8) is 0 Å². The zero-order valence-electron chi connectivity index (χ0n) is 10.3. The average Bonchev–Trinajstić information content (AvgIpc) is 2.49. The largest absolute Gasteiger partial charge is 0.357 e. The lowest BCUT2D eigenvalue weighted by Gasteiger charge is -2.11. The summed E-state index contributed by atoms with van der Waals surface area (Å²) in [6, 6.07) is 21.8. The van der Waals surface area contributed by atoms with Gasteiger partial charge in [-0.1, -0.05) is 64.5 Å². The van der Waals surface area contributed by atoms with Crippen molar-refractivity contribution >= 4 is 27.2 Å². The Hall–Kier alpha value is -2.05. The van der Waals surface area contributed by atoms with Crippen molar-refractivity contribution in [2.45, 2.75) is 0 Å². The normalized spacial score (nSPS) is 11.4. The second-order valence-corrected chi connectivity index (χ2v) is 4.52. The smallest absolute Gasteiger partial charge is 0.102 e. The number of halogens is 1. The molecule has 0 aromatic heterocycles. The molecule has 19 heavy (non-hydrogen) atoms. The van der Waals surface area contributed by atoms with Gasteiger partial charge in [0.25, 0.3) is 0 Å². The topological polar surface area (TPSA) is 35.8 Å². The third-order valence-electron chi connectivity index (χ3n) is 2.68. The minimum atomic E-state index is 0.597. The molecule has 0 radical (unpaired) electrons. The van der Waals surface area contributed by atoms with Crippen LogP contribution in [-0.2, 0) is 0 Å². The van der Waals surface area contributed by atoms with E-state index in [9.17, 15) is 5.26 Å². The van der Waals surface area contributed by atoms with Gasteiger partial charge in [-0.25, -0.2) is 0 Å². The predicted octanol–water partition coefficient (Wildman–Crippen LogP) is 4.43. The second kappa shape index (κ2) is 6.77. The summed E-state index contributed by atoms with van der Waals surface area (Å²) in [5.41, 5.74) is 3.41. The molecule has 2 rings (SSSR count). The van der Waals surface area contributed by atoms with Gasteiger partial charge < -0.3 is 5.32 Å². The Morgan fingerprint density at radius 1 is 1.00 bits per heavy atom. The van der Waals surface area contributed by atoms with Gasteiger partial charge in [-0.15, -0.1) is 0 Å². The number of anilines is 1. The van der Waals surface area contributed by atoms with E-state index >= 15 is 0 Å². The van der Waals surface area contributed by atoms with E-state index in [4.69, 9.17) is 0 Å². The highest BCUT2D eigenvalue weighted by atomic mass is 79.9. The maximum absolute atomic E-state index is 9.39. The molecule has 0 heterocycles. The molecular formula is C16H13BrN2. The Morgan fingerprint density at radius 3 is 2.11 bits per heavy atom. The number of nitriles is 1. The highest BCUT2D eigenvalue weighted by Gasteiger charge is 2.08. The predicted molar refractivity (Wildman–Crippen MR) is 82.8 cm³/mol. The zero-order chi connectivity index (χ0) is 13.5. The molecule has 0 spiro atoms. The number of nitrogens with one attached hydrogen (secondary N) is 1. The lowest BCUT2D eigenvalue weighted by molar-refractivity contribution is 1.39. The van der Waals surface area contributed by atoms with Crippen LogP contribution in [0.25, 0.3) is 5.57 Å². The molecule has 0 aliphatic heterocycles. The van der Waals surface area contributed by atoms with E-state index in [2.05, 4.69) is 27.3 Å². The molecule has 0 amide bonds. The molecule has 0 aliphatic rings. The van der Waals surface area contributed by atoms with Gasteiger partial charge in [-0.2, -0.15) is 5.26 Å². The van der Waals surface area contributed by atoms with Gasteiger partial charge in [-0.3, -0.25) is 0 Å². The van der Waals surface area contributed by atoms with E-state index in [1.807, 2.05) is 60.7 Å². The Bertz CT molecular complexity index is 598. The molecule has 2 aromatic rings. The first-order valence-electron chi connectivity index (χ1n) is 5.92. The fraction of sp³-hybridized carbons (Fsp3) is 0.0625. The van der Waals surface area contributed by atoms with Crippen LogP contribution in [0.3, 0.4) is 0 Å². The first-order valence-corrected chi connectivity index (χ1v) is 7.04. The molecular weight excluding hydrogens is 300 g/mol. The van der Waals surface area contributed by atoms with Gasteiger partial charge in [0.1, 0.15) is 6.07 Å². The van der Waals surface area contributed by atoms with Gasteiger partial charge >= 0.3 is 0 Å². The first kappa shape index (κ1) is 13.4. The fourth-order valence-corrected chi connectivity index (χ4v) is 2.19. The summed E-state index contributed by atoms with van der Waals surface area (Å²) in [5, 5.41) is 13.3. The van der Waals surface area contributed by atoms with E-state index in [0.717, 1.165) is 16.9 Å². The van der Waals surface area contributed by atoms with Crippen LogP contribution in [0.4, 0.5) is 5.69 Å². The van der Waals surface area contributed by atoms with Gasteiger partial charge in [0.05, 0.1) is 5.57 Å². The van der Waals surface area contributed by atoms with Crippen molar-refractivity contribution in [2.24, 2.45) is 0 Å². The molecule has 94 valence electrons. The summed E-state index contributed by atoms with van der Waals surface area (Å²) in [7, 11) is 0. The Kier molecular flexibility index (Phi) is 4.77. The highest BCUT2D eigenvalue weighted by molar-refractivity contribution is 9.09. The van der Waals surface area contributed by atoms with Gasteiger partial charge in [0.2, 0.25) is 0 Å². The molecule has 0 unspecified atom stereocenters. The molecule has 0 atom stereocenters. The monoisotopic (exact) mass is 312 g/mol. The number of hydrogen-bond donors (Lipinski definition) is 1. The zero-order valence-corrected chi connectivity index (χ0v) is 11.9. The fourth-order valence-electron chi connectivity index (χ4n) is 1.77. The minimum absolute atomic E-state index is 0.597. The molecule has 1 N–H and O–H groups in total. The third-order valence-corrected chi connectivity index (χ3v) is 3.24. The van der Waals surface area contributed by atoms with E-state index in [-0.39, 0.29) is 0 Å². The maximum Gasteiger partial charge on any atom is 0.102 e. The summed E-state index contributed by atoms with van der Waals surface area (Å²) < 4.78 is 0. The van der Waals surface area contributed by atoms with E-state index in [0.29, 0.717) is 10.9 Å². The summed E-state index contributed by atoms with van der Waals surface area (Å²) in [5.74, 6) is 0. The Morgan fingerprint density at radius 2 is 1.58 bits per heavy atom. The summed E-state index contributed by atoms with van der Waals surface area (Å²) in [4.78, 5) is 0. The van der Waals surface area contributed by atoms with E-state index in [1.54, 1.807) is 0 Å².